The summed E-state index contributed by atoms with van der Waals surface area (Å²) in [6, 6.07) is 15.0. The highest BCUT2D eigenvalue weighted by molar-refractivity contribution is 5.38. The van der Waals surface area contributed by atoms with Gasteiger partial charge in [-0.3, -0.25) is 0 Å². The molecular formula is C19H23NO. The predicted octanol–water partition coefficient (Wildman–Crippen LogP) is 4.12. The normalized spacial score (nSPS) is 17.5. The van der Waals surface area contributed by atoms with Crippen molar-refractivity contribution in [1.82, 2.24) is 5.32 Å². The van der Waals surface area contributed by atoms with Gasteiger partial charge in [-0.15, -0.1) is 0 Å². The van der Waals surface area contributed by atoms with E-state index in [1.54, 1.807) is 6.07 Å². The second-order valence-corrected chi connectivity index (χ2v) is 5.88. The third-order valence-corrected chi connectivity index (χ3v) is 4.42. The molecule has 1 aliphatic carbocycles. The van der Waals surface area contributed by atoms with Crippen LogP contribution < -0.4 is 5.32 Å². The number of phenols is 1. The summed E-state index contributed by atoms with van der Waals surface area (Å²) in [6.45, 7) is 3.08. The fraction of sp³-hybridized carbons (Fsp3) is 0.368. The van der Waals surface area contributed by atoms with Crippen LogP contribution in [0.4, 0.5) is 0 Å². The molecular weight excluding hydrogens is 258 g/mol. The monoisotopic (exact) mass is 281 g/mol. The van der Waals surface area contributed by atoms with Crippen molar-refractivity contribution in [3.8, 4) is 5.75 Å². The topological polar surface area (TPSA) is 32.3 Å². The second kappa shape index (κ2) is 6.31. The molecule has 0 aromatic heterocycles. The van der Waals surface area contributed by atoms with Crippen molar-refractivity contribution in [1.29, 1.82) is 0 Å². The third-order valence-electron chi connectivity index (χ3n) is 4.42. The lowest BCUT2D eigenvalue weighted by Crippen LogP contribution is -2.24. The van der Waals surface area contributed by atoms with Crippen molar-refractivity contribution in [2.45, 2.75) is 45.2 Å². The summed E-state index contributed by atoms with van der Waals surface area (Å²) >= 11 is 0. The van der Waals surface area contributed by atoms with Gasteiger partial charge in [-0.05, 0) is 60.1 Å². The van der Waals surface area contributed by atoms with Gasteiger partial charge in [-0.2, -0.15) is 0 Å². The number of hydrogen-bond donors (Lipinski definition) is 2. The van der Waals surface area contributed by atoms with Crippen LogP contribution in [0.15, 0.2) is 42.5 Å². The molecule has 0 heterocycles. The average molecular weight is 281 g/mol. The van der Waals surface area contributed by atoms with Crippen LogP contribution in [0, 0.1) is 0 Å². The number of rotatable bonds is 4. The standard InChI is InChI=1S/C19H23NO/c1-2-14-6-8-15(9-7-14)13-20-19-5-3-4-16-12-17(21)10-11-18(16)19/h6-12,19-21H,2-5,13H2,1H3. The van der Waals surface area contributed by atoms with Crippen LogP contribution in [-0.2, 0) is 19.4 Å². The smallest absolute Gasteiger partial charge is 0.115 e. The van der Waals surface area contributed by atoms with E-state index in [2.05, 4.69) is 42.6 Å². The fourth-order valence-electron chi connectivity index (χ4n) is 3.15. The zero-order valence-corrected chi connectivity index (χ0v) is 12.6. The summed E-state index contributed by atoms with van der Waals surface area (Å²) in [6.07, 6.45) is 4.52. The van der Waals surface area contributed by atoms with Gasteiger partial charge >= 0.3 is 0 Å². The molecule has 21 heavy (non-hydrogen) atoms. The van der Waals surface area contributed by atoms with Gasteiger partial charge in [0.2, 0.25) is 0 Å². The first-order valence-corrected chi connectivity index (χ1v) is 7.89. The molecule has 0 saturated heterocycles. The first kappa shape index (κ1) is 14.2. The van der Waals surface area contributed by atoms with Crippen LogP contribution in [0.3, 0.4) is 0 Å². The highest BCUT2D eigenvalue weighted by atomic mass is 16.3. The molecule has 2 heteroatoms. The van der Waals surface area contributed by atoms with Crippen LogP contribution in [0.25, 0.3) is 0 Å². The molecule has 1 aliphatic rings. The molecule has 0 saturated carbocycles. The quantitative estimate of drug-likeness (QED) is 0.883. The molecule has 2 aromatic carbocycles. The number of fused-ring (bicyclic) bond motifs is 1. The first-order chi connectivity index (χ1) is 10.3. The van der Waals surface area contributed by atoms with E-state index in [1.807, 2.05) is 6.07 Å². The zero-order chi connectivity index (χ0) is 14.7. The Kier molecular flexibility index (Phi) is 4.26. The van der Waals surface area contributed by atoms with Gasteiger partial charge in [0.25, 0.3) is 0 Å². The van der Waals surface area contributed by atoms with E-state index < -0.39 is 0 Å². The van der Waals surface area contributed by atoms with Gasteiger partial charge in [0.05, 0.1) is 0 Å². The number of aromatic hydroxyl groups is 1. The van der Waals surface area contributed by atoms with Crippen LogP contribution in [-0.4, -0.2) is 5.11 Å². The molecule has 1 unspecified atom stereocenters. The number of benzene rings is 2. The summed E-state index contributed by atoms with van der Waals surface area (Å²) in [5.41, 5.74) is 5.36. The molecule has 0 spiro atoms. The predicted molar refractivity (Wildman–Crippen MR) is 86.4 cm³/mol. The fourth-order valence-corrected chi connectivity index (χ4v) is 3.15. The molecule has 0 bridgehead atoms. The summed E-state index contributed by atoms with van der Waals surface area (Å²) in [7, 11) is 0. The van der Waals surface area contributed by atoms with Crippen molar-refractivity contribution >= 4 is 0 Å². The maximum Gasteiger partial charge on any atom is 0.115 e. The minimum absolute atomic E-state index is 0.379. The summed E-state index contributed by atoms with van der Waals surface area (Å²) in [5.74, 6) is 0.379. The van der Waals surface area contributed by atoms with E-state index in [0.717, 1.165) is 19.4 Å². The highest BCUT2D eigenvalue weighted by Gasteiger charge is 2.19. The Morgan fingerprint density at radius 2 is 1.86 bits per heavy atom. The maximum absolute atomic E-state index is 9.61. The summed E-state index contributed by atoms with van der Waals surface area (Å²) in [5, 5.41) is 13.3. The van der Waals surface area contributed by atoms with Gasteiger partial charge in [-0.25, -0.2) is 0 Å². The molecule has 0 amide bonds. The van der Waals surface area contributed by atoms with E-state index in [1.165, 1.54) is 35.1 Å². The van der Waals surface area contributed by atoms with Crippen molar-refractivity contribution in [2.24, 2.45) is 0 Å². The Hall–Kier alpha value is -1.80. The van der Waals surface area contributed by atoms with Crippen LogP contribution in [0.5, 0.6) is 5.75 Å². The van der Waals surface area contributed by atoms with E-state index in [0.29, 0.717) is 11.8 Å². The largest absolute Gasteiger partial charge is 0.508 e. The average Bonchev–Trinajstić information content (AvgIpc) is 2.53. The van der Waals surface area contributed by atoms with Crippen molar-refractivity contribution in [2.75, 3.05) is 0 Å². The minimum atomic E-state index is 0.379. The Bertz CT molecular complexity index is 603. The van der Waals surface area contributed by atoms with Gasteiger partial charge in [-0.1, -0.05) is 37.3 Å². The second-order valence-electron chi connectivity index (χ2n) is 5.88. The molecule has 0 aliphatic heterocycles. The van der Waals surface area contributed by atoms with Gasteiger partial charge < -0.3 is 10.4 Å². The van der Waals surface area contributed by atoms with Crippen molar-refractivity contribution in [3.63, 3.8) is 0 Å². The van der Waals surface area contributed by atoms with Crippen LogP contribution in [0.1, 0.15) is 48.1 Å². The number of nitrogens with one attached hydrogen (secondary N) is 1. The van der Waals surface area contributed by atoms with Crippen molar-refractivity contribution < 1.29 is 5.11 Å². The number of phenolic OH excluding ortho intramolecular Hbond substituents is 1. The zero-order valence-electron chi connectivity index (χ0n) is 12.6. The van der Waals surface area contributed by atoms with Crippen molar-refractivity contribution in [3.05, 3.63) is 64.7 Å². The van der Waals surface area contributed by atoms with E-state index >= 15 is 0 Å². The van der Waals surface area contributed by atoms with Gasteiger partial charge in [0.1, 0.15) is 5.75 Å². The molecule has 2 N–H and O–H groups in total. The van der Waals surface area contributed by atoms with Crippen LogP contribution >= 0.6 is 0 Å². The molecule has 1 atom stereocenters. The molecule has 3 rings (SSSR count). The molecule has 2 nitrogen and oxygen atoms in total. The number of aryl methyl sites for hydroxylation is 2. The molecule has 110 valence electrons. The van der Waals surface area contributed by atoms with Gasteiger partial charge in [0, 0.05) is 12.6 Å². The third kappa shape index (κ3) is 3.27. The Labute approximate surface area is 126 Å². The minimum Gasteiger partial charge on any atom is -0.508 e. The maximum atomic E-state index is 9.61. The lowest BCUT2D eigenvalue weighted by Gasteiger charge is -2.26. The van der Waals surface area contributed by atoms with Crippen LogP contribution in [0.2, 0.25) is 0 Å². The lowest BCUT2D eigenvalue weighted by molar-refractivity contribution is 0.449. The summed E-state index contributed by atoms with van der Waals surface area (Å²) in [4.78, 5) is 0. The Morgan fingerprint density at radius 1 is 1.10 bits per heavy atom. The summed E-state index contributed by atoms with van der Waals surface area (Å²) < 4.78 is 0. The Morgan fingerprint density at radius 3 is 2.62 bits per heavy atom. The SMILES string of the molecule is CCc1ccc(CNC2CCCc3cc(O)ccc32)cc1. The molecule has 0 fully saturated rings. The van der Waals surface area contributed by atoms with E-state index in [4.69, 9.17) is 0 Å². The number of hydrogen-bond acceptors (Lipinski definition) is 2. The lowest BCUT2D eigenvalue weighted by atomic mass is 9.87. The Balaban J connectivity index is 1.68. The molecule has 0 radical (unpaired) electrons. The first-order valence-electron chi connectivity index (χ1n) is 7.89. The highest BCUT2D eigenvalue weighted by Crippen LogP contribution is 2.32. The molecule has 2 aromatic rings. The van der Waals surface area contributed by atoms with E-state index in [-0.39, 0.29) is 0 Å². The van der Waals surface area contributed by atoms with E-state index in [9.17, 15) is 5.11 Å². The van der Waals surface area contributed by atoms with Gasteiger partial charge in [0.15, 0.2) is 0 Å².